The molecule has 4 aromatic rings. The maximum Gasteiger partial charge on any atom is 0.255 e. The average Bonchev–Trinajstić information content (AvgIpc) is 2.96. The van der Waals surface area contributed by atoms with Gasteiger partial charge in [0.05, 0.1) is 11.4 Å². The molecule has 3 amide bonds. The van der Waals surface area contributed by atoms with Crippen molar-refractivity contribution in [2.75, 3.05) is 15.5 Å². The summed E-state index contributed by atoms with van der Waals surface area (Å²) in [5, 5.41) is 7.66. The van der Waals surface area contributed by atoms with E-state index in [9.17, 15) is 14.4 Å². The van der Waals surface area contributed by atoms with E-state index >= 15 is 0 Å². The van der Waals surface area contributed by atoms with Crippen molar-refractivity contribution in [2.24, 2.45) is 0 Å². The second-order valence-corrected chi connectivity index (χ2v) is 8.38. The summed E-state index contributed by atoms with van der Waals surface area (Å²) in [6.45, 7) is 3.90. The predicted molar refractivity (Wildman–Crippen MR) is 135 cm³/mol. The van der Waals surface area contributed by atoms with Crippen molar-refractivity contribution >= 4 is 51.2 Å². The number of anilines is 4. The van der Waals surface area contributed by atoms with Crippen molar-refractivity contribution in [2.45, 2.75) is 20.3 Å². The maximum atomic E-state index is 13.0. The minimum atomic E-state index is -0.345. The van der Waals surface area contributed by atoms with Crippen molar-refractivity contribution in [3.8, 4) is 0 Å². The van der Waals surface area contributed by atoms with Crippen LogP contribution in [0.5, 0.6) is 0 Å². The highest BCUT2D eigenvalue weighted by atomic mass is 16.2. The first-order valence-corrected chi connectivity index (χ1v) is 11.0. The minimum absolute atomic E-state index is 0.189. The van der Waals surface area contributed by atoms with Gasteiger partial charge in [-0.3, -0.25) is 19.3 Å². The quantitative estimate of drug-likeness (QED) is 0.393. The molecule has 6 heteroatoms. The number of rotatable bonds is 3. The molecule has 0 spiro atoms. The number of hydrogen-bond acceptors (Lipinski definition) is 3. The van der Waals surface area contributed by atoms with Gasteiger partial charge in [0.25, 0.3) is 5.91 Å². The molecule has 0 unspecified atom stereocenters. The van der Waals surface area contributed by atoms with E-state index < -0.39 is 0 Å². The molecule has 0 atom stereocenters. The van der Waals surface area contributed by atoms with Crippen molar-refractivity contribution in [1.82, 2.24) is 0 Å². The first kappa shape index (κ1) is 21.4. The van der Waals surface area contributed by atoms with Crippen LogP contribution in [0.1, 0.15) is 27.9 Å². The van der Waals surface area contributed by atoms with Gasteiger partial charge in [-0.05, 0) is 66.8 Å². The Hall–Kier alpha value is -4.45. The fourth-order valence-corrected chi connectivity index (χ4v) is 4.28. The van der Waals surface area contributed by atoms with Crippen LogP contribution >= 0.6 is 0 Å². The van der Waals surface area contributed by atoms with Crippen LogP contribution in [0.25, 0.3) is 10.8 Å². The zero-order chi connectivity index (χ0) is 23.8. The third-order valence-corrected chi connectivity index (χ3v) is 6.21. The molecule has 1 aliphatic rings. The molecular weight excluding hydrogens is 426 g/mol. The van der Waals surface area contributed by atoms with Crippen LogP contribution < -0.4 is 15.5 Å². The van der Waals surface area contributed by atoms with Crippen molar-refractivity contribution in [3.05, 3.63) is 95.6 Å². The summed E-state index contributed by atoms with van der Waals surface area (Å²) in [6.07, 6.45) is -0.256. The summed E-state index contributed by atoms with van der Waals surface area (Å²) in [4.78, 5) is 39.8. The molecule has 168 valence electrons. The highest BCUT2D eigenvalue weighted by Gasteiger charge is 2.28. The molecule has 4 aromatic carbocycles. The first-order chi connectivity index (χ1) is 16.4. The van der Waals surface area contributed by atoms with E-state index in [1.807, 2.05) is 62.4 Å². The number of amides is 3. The Kier molecular flexibility index (Phi) is 5.34. The standard InChI is InChI=1S/C28H23N3O3/c1-17-6-5-9-22(18(17)2)28(34)29-20-11-13-21(14-12-20)31-24-15-10-19-7-3-4-8-23(19)27(24)30-25(32)16-26(31)33/h3-15H,16H2,1-2H3,(H,29,34)(H,30,32). The van der Waals surface area contributed by atoms with Gasteiger partial charge in [-0.25, -0.2) is 0 Å². The Morgan fingerprint density at radius 2 is 1.65 bits per heavy atom. The Labute approximate surface area is 197 Å². The van der Waals surface area contributed by atoms with E-state index in [0.717, 1.165) is 21.9 Å². The molecule has 0 saturated carbocycles. The van der Waals surface area contributed by atoms with Gasteiger partial charge in [-0.1, -0.05) is 42.5 Å². The van der Waals surface area contributed by atoms with Gasteiger partial charge in [0.1, 0.15) is 6.42 Å². The van der Waals surface area contributed by atoms with Crippen LogP contribution in [0.2, 0.25) is 0 Å². The van der Waals surface area contributed by atoms with Crippen LogP contribution in [0, 0.1) is 13.8 Å². The minimum Gasteiger partial charge on any atom is -0.323 e. The first-order valence-electron chi connectivity index (χ1n) is 11.0. The summed E-state index contributed by atoms with van der Waals surface area (Å²) < 4.78 is 0. The lowest BCUT2D eigenvalue weighted by Gasteiger charge is -2.23. The lowest BCUT2D eigenvalue weighted by Crippen LogP contribution is -2.26. The average molecular weight is 450 g/mol. The normalized spacial score (nSPS) is 13.3. The number of nitrogens with one attached hydrogen (secondary N) is 2. The van der Waals surface area contributed by atoms with E-state index in [1.54, 1.807) is 35.2 Å². The molecule has 1 heterocycles. The third kappa shape index (κ3) is 3.79. The zero-order valence-electron chi connectivity index (χ0n) is 18.9. The maximum absolute atomic E-state index is 13.0. The Bertz CT molecular complexity index is 1460. The summed E-state index contributed by atoms with van der Waals surface area (Å²) in [5.74, 6) is -0.854. The molecule has 1 aliphatic heterocycles. The fourth-order valence-electron chi connectivity index (χ4n) is 4.28. The van der Waals surface area contributed by atoms with Crippen LogP contribution in [0.4, 0.5) is 22.7 Å². The molecule has 2 N–H and O–H groups in total. The Morgan fingerprint density at radius 3 is 2.44 bits per heavy atom. The van der Waals surface area contributed by atoms with Gasteiger partial charge in [-0.15, -0.1) is 0 Å². The summed E-state index contributed by atoms with van der Waals surface area (Å²) in [5.41, 5.74) is 5.07. The van der Waals surface area contributed by atoms with Gasteiger partial charge in [0.2, 0.25) is 11.8 Å². The largest absolute Gasteiger partial charge is 0.323 e. The Morgan fingerprint density at radius 1 is 0.882 bits per heavy atom. The number of nitrogens with zero attached hydrogens (tertiary/aromatic N) is 1. The second kappa shape index (κ2) is 8.48. The van der Waals surface area contributed by atoms with Gasteiger partial charge < -0.3 is 10.6 Å². The molecular formula is C28H23N3O3. The van der Waals surface area contributed by atoms with Crippen LogP contribution in [0.3, 0.4) is 0 Å². The fraction of sp³-hybridized carbons (Fsp3) is 0.107. The Balaban J connectivity index is 1.49. The lowest BCUT2D eigenvalue weighted by molar-refractivity contribution is -0.124. The zero-order valence-corrected chi connectivity index (χ0v) is 18.9. The SMILES string of the molecule is Cc1cccc(C(=O)Nc2ccc(N3C(=O)CC(=O)Nc4c3ccc3ccccc43)cc2)c1C. The van der Waals surface area contributed by atoms with E-state index in [-0.39, 0.29) is 24.1 Å². The number of carbonyl (C=O) groups is 3. The third-order valence-electron chi connectivity index (χ3n) is 6.21. The highest BCUT2D eigenvalue weighted by molar-refractivity contribution is 6.21. The molecule has 5 rings (SSSR count). The van der Waals surface area contributed by atoms with Gasteiger partial charge in [0.15, 0.2) is 0 Å². The molecule has 6 nitrogen and oxygen atoms in total. The van der Waals surface area contributed by atoms with Crippen LogP contribution in [-0.4, -0.2) is 17.7 Å². The van der Waals surface area contributed by atoms with Crippen molar-refractivity contribution in [1.29, 1.82) is 0 Å². The second-order valence-electron chi connectivity index (χ2n) is 8.38. The van der Waals surface area contributed by atoms with E-state index in [1.165, 1.54) is 0 Å². The van der Waals surface area contributed by atoms with Gasteiger partial charge in [0, 0.05) is 22.3 Å². The summed E-state index contributed by atoms with van der Waals surface area (Å²) in [7, 11) is 0. The molecule has 0 radical (unpaired) electrons. The monoisotopic (exact) mass is 449 g/mol. The molecule has 0 fully saturated rings. The van der Waals surface area contributed by atoms with Crippen LogP contribution in [0.15, 0.2) is 78.9 Å². The van der Waals surface area contributed by atoms with Crippen LogP contribution in [-0.2, 0) is 9.59 Å². The molecule has 34 heavy (non-hydrogen) atoms. The van der Waals surface area contributed by atoms with Gasteiger partial charge >= 0.3 is 0 Å². The van der Waals surface area contributed by atoms with E-state index in [0.29, 0.717) is 28.3 Å². The molecule has 0 saturated heterocycles. The molecule has 0 aromatic heterocycles. The topological polar surface area (TPSA) is 78.5 Å². The number of benzene rings is 4. The number of aryl methyl sites for hydroxylation is 1. The van der Waals surface area contributed by atoms with Crippen molar-refractivity contribution < 1.29 is 14.4 Å². The predicted octanol–water partition coefficient (Wildman–Crippen LogP) is 5.72. The summed E-state index contributed by atoms with van der Waals surface area (Å²) >= 11 is 0. The van der Waals surface area contributed by atoms with E-state index in [2.05, 4.69) is 10.6 Å². The molecule has 0 aliphatic carbocycles. The van der Waals surface area contributed by atoms with E-state index in [4.69, 9.17) is 0 Å². The highest BCUT2D eigenvalue weighted by Crippen LogP contribution is 2.40. The number of fused-ring (bicyclic) bond motifs is 3. The molecule has 0 bridgehead atoms. The number of carbonyl (C=O) groups excluding carboxylic acids is 3. The van der Waals surface area contributed by atoms with Crippen molar-refractivity contribution in [3.63, 3.8) is 0 Å². The smallest absolute Gasteiger partial charge is 0.255 e. The summed E-state index contributed by atoms with van der Waals surface area (Å²) in [6, 6.07) is 24.2. The number of hydrogen-bond donors (Lipinski definition) is 2. The lowest BCUT2D eigenvalue weighted by atomic mass is 10.0. The van der Waals surface area contributed by atoms with Gasteiger partial charge in [-0.2, -0.15) is 0 Å².